The summed E-state index contributed by atoms with van der Waals surface area (Å²) in [6.07, 6.45) is 0.247. The van der Waals surface area contributed by atoms with Crippen LogP contribution in [0.5, 0.6) is 0 Å². The van der Waals surface area contributed by atoms with Crippen LogP contribution in [0.1, 0.15) is 49.4 Å². The highest BCUT2D eigenvalue weighted by Gasteiger charge is 2.45. The van der Waals surface area contributed by atoms with Crippen LogP contribution in [0.25, 0.3) is 0 Å². The van der Waals surface area contributed by atoms with E-state index in [1.807, 2.05) is 0 Å². The molecule has 1 aromatic carbocycles. The average molecular weight is 516 g/mol. The van der Waals surface area contributed by atoms with Crippen molar-refractivity contribution in [1.29, 1.82) is 0 Å². The lowest BCUT2D eigenvalue weighted by atomic mass is 10.0. The van der Waals surface area contributed by atoms with Crippen LogP contribution in [0.3, 0.4) is 0 Å². The molecule has 2 saturated heterocycles. The first kappa shape index (κ1) is 27.3. The van der Waals surface area contributed by atoms with E-state index >= 15 is 0 Å². The highest BCUT2D eigenvalue weighted by molar-refractivity contribution is 6.00. The van der Waals surface area contributed by atoms with E-state index in [-0.39, 0.29) is 37.3 Å². The van der Waals surface area contributed by atoms with Gasteiger partial charge in [0, 0.05) is 38.2 Å². The van der Waals surface area contributed by atoms with E-state index in [0.29, 0.717) is 18.4 Å². The number of hydrogen-bond acceptors (Lipinski definition) is 7. The molecular formula is C24H29N5O8. The SMILES string of the molecule is CC(=O)N(C)c1ccc(C(=O)N[C@H]2CCC(=O)N3CCC[C@@H](C(=O)N[C@H](C=O)CC(=O)O)N3C2=O)cc1. The molecule has 3 N–H and O–H groups in total. The number of aldehydes is 1. The first-order chi connectivity index (χ1) is 17.5. The van der Waals surface area contributed by atoms with Gasteiger partial charge in [-0.25, -0.2) is 5.01 Å². The quantitative estimate of drug-likeness (QED) is 0.387. The molecule has 0 unspecified atom stereocenters. The number of nitrogens with zero attached hydrogens (tertiary/aromatic N) is 3. The number of amides is 5. The number of hydrogen-bond donors (Lipinski definition) is 3. The van der Waals surface area contributed by atoms with E-state index in [1.54, 1.807) is 19.2 Å². The molecule has 0 aromatic heterocycles. The smallest absolute Gasteiger partial charge is 0.305 e. The van der Waals surface area contributed by atoms with Crippen LogP contribution in [0.15, 0.2) is 24.3 Å². The Hall–Kier alpha value is -4.29. The van der Waals surface area contributed by atoms with E-state index in [0.717, 1.165) is 5.01 Å². The summed E-state index contributed by atoms with van der Waals surface area (Å²) in [4.78, 5) is 87.2. The van der Waals surface area contributed by atoms with Crippen molar-refractivity contribution in [3.63, 3.8) is 0 Å². The largest absolute Gasteiger partial charge is 0.481 e. The van der Waals surface area contributed by atoms with Gasteiger partial charge in [-0.15, -0.1) is 0 Å². The topological polar surface area (TPSA) is 173 Å². The lowest BCUT2D eigenvalue weighted by molar-refractivity contribution is -0.176. The summed E-state index contributed by atoms with van der Waals surface area (Å²) in [7, 11) is 1.59. The standard InChI is InChI=1S/C24H29N5O8/c1-14(31)27(2)17-7-5-15(6-8-17)22(35)26-18-9-10-20(32)28-11-3-4-19(29(28)24(18)37)23(36)25-16(13-30)12-21(33)34/h5-8,13,16,18-19H,3-4,9-12H2,1-2H3,(H,25,36)(H,26,35)(H,33,34)/t16-,18-,19-/m0/s1. The molecule has 198 valence electrons. The third-order valence-corrected chi connectivity index (χ3v) is 6.35. The molecule has 0 radical (unpaired) electrons. The first-order valence-electron chi connectivity index (χ1n) is 11.8. The second-order valence-electron chi connectivity index (χ2n) is 8.90. The Balaban J connectivity index is 1.78. The fourth-order valence-corrected chi connectivity index (χ4v) is 4.27. The summed E-state index contributed by atoms with van der Waals surface area (Å²) in [6, 6.07) is 2.63. The van der Waals surface area contributed by atoms with Gasteiger partial charge in [-0.05, 0) is 43.5 Å². The van der Waals surface area contributed by atoms with Crippen molar-refractivity contribution in [3.8, 4) is 0 Å². The number of carboxylic acid groups (broad SMARTS) is 1. The number of carbonyl (C=O) groups is 7. The molecule has 37 heavy (non-hydrogen) atoms. The Morgan fingerprint density at radius 1 is 1.16 bits per heavy atom. The van der Waals surface area contributed by atoms with E-state index < -0.39 is 54.1 Å². The summed E-state index contributed by atoms with van der Waals surface area (Å²) in [5, 5.41) is 16.1. The third kappa shape index (κ3) is 6.29. The number of carbonyl (C=O) groups excluding carboxylic acids is 6. The van der Waals surface area contributed by atoms with E-state index in [9.17, 15) is 33.6 Å². The fraction of sp³-hybridized carbons (Fsp3) is 0.458. The fourth-order valence-electron chi connectivity index (χ4n) is 4.27. The van der Waals surface area contributed by atoms with Crippen LogP contribution in [-0.4, -0.2) is 88.6 Å². The van der Waals surface area contributed by atoms with Gasteiger partial charge in [-0.3, -0.25) is 33.8 Å². The summed E-state index contributed by atoms with van der Waals surface area (Å²) in [6.45, 7) is 1.61. The van der Waals surface area contributed by atoms with Gasteiger partial charge < -0.3 is 25.4 Å². The number of fused-ring (bicyclic) bond motifs is 1. The number of carboxylic acids is 1. The number of hydrazine groups is 1. The molecule has 13 nitrogen and oxygen atoms in total. The summed E-state index contributed by atoms with van der Waals surface area (Å²) >= 11 is 0. The van der Waals surface area contributed by atoms with Crippen LogP contribution in [-0.2, 0) is 28.8 Å². The molecule has 2 aliphatic heterocycles. The molecule has 0 saturated carbocycles. The number of aliphatic carboxylic acids is 1. The first-order valence-corrected chi connectivity index (χ1v) is 11.8. The Bertz CT molecular complexity index is 1100. The Labute approximate surface area is 212 Å². The maximum Gasteiger partial charge on any atom is 0.305 e. The zero-order valence-electron chi connectivity index (χ0n) is 20.5. The molecule has 5 amide bonds. The normalized spacial score (nSPS) is 20.3. The number of anilines is 1. The molecule has 0 aliphatic carbocycles. The van der Waals surface area contributed by atoms with Crippen molar-refractivity contribution < 1.29 is 38.7 Å². The van der Waals surface area contributed by atoms with Gasteiger partial charge in [0.1, 0.15) is 18.4 Å². The van der Waals surface area contributed by atoms with Crippen molar-refractivity contribution >= 4 is 47.5 Å². The zero-order valence-corrected chi connectivity index (χ0v) is 20.5. The molecule has 0 bridgehead atoms. The lowest BCUT2D eigenvalue weighted by Crippen LogP contribution is -2.64. The molecule has 2 aliphatic rings. The van der Waals surface area contributed by atoms with Crippen LogP contribution in [0, 0.1) is 0 Å². The summed E-state index contributed by atoms with van der Waals surface area (Å²) in [5.41, 5.74) is 0.811. The molecular weight excluding hydrogens is 486 g/mol. The minimum atomic E-state index is -1.29. The Kier molecular flexibility index (Phi) is 8.58. The van der Waals surface area contributed by atoms with Gasteiger partial charge in [0.25, 0.3) is 11.8 Å². The van der Waals surface area contributed by atoms with Gasteiger partial charge in [0.15, 0.2) is 0 Å². The maximum absolute atomic E-state index is 13.5. The van der Waals surface area contributed by atoms with Gasteiger partial charge in [-0.2, -0.15) is 0 Å². The summed E-state index contributed by atoms with van der Waals surface area (Å²) in [5.74, 6) is -3.85. The minimum Gasteiger partial charge on any atom is -0.481 e. The van der Waals surface area contributed by atoms with Crippen molar-refractivity contribution in [2.45, 2.75) is 57.2 Å². The zero-order chi connectivity index (χ0) is 27.3. The van der Waals surface area contributed by atoms with Crippen molar-refractivity contribution in [2.24, 2.45) is 0 Å². The highest BCUT2D eigenvalue weighted by atomic mass is 16.4. The predicted octanol–water partition coefficient (Wildman–Crippen LogP) is -0.545. The highest BCUT2D eigenvalue weighted by Crippen LogP contribution is 2.25. The molecule has 3 atom stereocenters. The molecule has 13 heteroatoms. The van der Waals surface area contributed by atoms with Crippen molar-refractivity contribution in [1.82, 2.24) is 20.7 Å². The van der Waals surface area contributed by atoms with Crippen LogP contribution < -0.4 is 15.5 Å². The minimum absolute atomic E-state index is 0.0197. The second-order valence-corrected chi connectivity index (χ2v) is 8.90. The summed E-state index contributed by atoms with van der Waals surface area (Å²) < 4.78 is 0. The van der Waals surface area contributed by atoms with Crippen molar-refractivity contribution in [2.75, 3.05) is 18.5 Å². The van der Waals surface area contributed by atoms with E-state index in [2.05, 4.69) is 10.6 Å². The van der Waals surface area contributed by atoms with Gasteiger partial charge >= 0.3 is 5.97 Å². The Morgan fingerprint density at radius 2 is 1.84 bits per heavy atom. The molecule has 2 heterocycles. The molecule has 3 rings (SSSR count). The maximum atomic E-state index is 13.5. The molecule has 2 fully saturated rings. The lowest BCUT2D eigenvalue weighted by Gasteiger charge is -2.43. The molecule has 1 aromatic rings. The number of benzene rings is 1. The van der Waals surface area contributed by atoms with Gasteiger partial charge in [-0.1, -0.05) is 0 Å². The van der Waals surface area contributed by atoms with E-state index in [1.165, 1.54) is 29.0 Å². The van der Waals surface area contributed by atoms with Crippen LogP contribution >= 0.6 is 0 Å². The monoisotopic (exact) mass is 515 g/mol. The van der Waals surface area contributed by atoms with Crippen molar-refractivity contribution in [3.05, 3.63) is 29.8 Å². The second kappa shape index (κ2) is 11.6. The predicted molar refractivity (Wildman–Crippen MR) is 128 cm³/mol. The van der Waals surface area contributed by atoms with E-state index in [4.69, 9.17) is 5.11 Å². The number of rotatable bonds is 8. The third-order valence-electron chi connectivity index (χ3n) is 6.35. The number of nitrogens with one attached hydrogen (secondary N) is 2. The Morgan fingerprint density at radius 3 is 2.43 bits per heavy atom. The van der Waals surface area contributed by atoms with Crippen LogP contribution in [0.4, 0.5) is 5.69 Å². The average Bonchev–Trinajstić information content (AvgIpc) is 2.99. The van der Waals surface area contributed by atoms with Crippen LogP contribution in [0.2, 0.25) is 0 Å². The van der Waals surface area contributed by atoms with Gasteiger partial charge in [0.05, 0.1) is 12.5 Å². The van der Waals surface area contributed by atoms with Gasteiger partial charge in [0.2, 0.25) is 17.7 Å². The molecule has 0 spiro atoms.